The minimum Gasteiger partial charge on any atom is -0.310 e. The normalized spacial score (nSPS) is 14.1. The fourth-order valence-electron chi connectivity index (χ4n) is 10.8. The Balaban J connectivity index is 1.15. The van der Waals surface area contributed by atoms with E-state index in [1.807, 2.05) is 11.3 Å². The molecule has 10 aromatic rings. The van der Waals surface area contributed by atoms with Crippen LogP contribution < -0.4 is 4.90 Å². The molecule has 0 amide bonds. The predicted octanol–water partition coefficient (Wildman–Crippen LogP) is 17.1. The Morgan fingerprint density at radius 3 is 1.50 bits per heavy atom. The summed E-state index contributed by atoms with van der Waals surface area (Å²) < 4.78 is 2.60. The largest absolute Gasteiger partial charge is 0.310 e. The van der Waals surface area contributed by atoms with Gasteiger partial charge in [0.1, 0.15) is 0 Å². The summed E-state index contributed by atoms with van der Waals surface area (Å²) in [6, 6.07) is 74.9. The van der Waals surface area contributed by atoms with Crippen LogP contribution in [0.5, 0.6) is 0 Å². The van der Waals surface area contributed by atoms with Crippen LogP contribution in [0.25, 0.3) is 75.8 Å². The van der Waals surface area contributed by atoms with Crippen LogP contribution in [0.3, 0.4) is 0 Å². The molecule has 0 unspecified atom stereocenters. The number of thiophene rings is 1. The van der Waals surface area contributed by atoms with Crippen LogP contribution in [0.1, 0.15) is 49.9 Å². The first-order valence-corrected chi connectivity index (χ1v) is 22.6. The highest BCUT2D eigenvalue weighted by atomic mass is 32.1. The van der Waals surface area contributed by atoms with Crippen molar-refractivity contribution in [2.24, 2.45) is 0 Å². The van der Waals surface area contributed by atoms with Crippen LogP contribution in [0.15, 0.2) is 200 Å². The molecule has 0 saturated carbocycles. The van der Waals surface area contributed by atoms with E-state index in [-0.39, 0.29) is 10.8 Å². The first-order valence-electron chi connectivity index (χ1n) is 21.8. The zero-order valence-electron chi connectivity index (χ0n) is 35.4. The number of fused-ring (bicyclic) bond motifs is 9. The number of nitrogens with zero attached hydrogens (tertiary/aromatic N) is 1. The van der Waals surface area contributed by atoms with Crippen LogP contribution in [-0.2, 0) is 10.8 Å². The van der Waals surface area contributed by atoms with Crippen LogP contribution in [-0.4, -0.2) is 0 Å². The molecule has 2 aliphatic rings. The monoisotopic (exact) mass is 811 g/mol. The van der Waals surface area contributed by atoms with Gasteiger partial charge in [-0.05, 0) is 115 Å². The van der Waals surface area contributed by atoms with Crippen molar-refractivity contribution in [3.8, 4) is 55.6 Å². The minimum atomic E-state index is -0.151. The third-order valence-corrected chi connectivity index (χ3v) is 15.0. The predicted molar refractivity (Wildman–Crippen MR) is 265 cm³/mol. The third kappa shape index (κ3) is 5.46. The second-order valence-electron chi connectivity index (χ2n) is 18.1. The zero-order chi connectivity index (χ0) is 41.7. The highest BCUT2D eigenvalue weighted by Crippen LogP contribution is 2.55. The summed E-state index contributed by atoms with van der Waals surface area (Å²) in [5.41, 5.74) is 21.2. The first kappa shape index (κ1) is 36.8. The van der Waals surface area contributed by atoms with E-state index in [2.05, 4.69) is 233 Å². The molecule has 0 saturated heterocycles. The summed E-state index contributed by atoms with van der Waals surface area (Å²) in [6.45, 7) is 9.53. The van der Waals surface area contributed by atoms with Gasteiger partial charge in [-0.15, -0.1) is 11.3 Å². The summed E-state index contributed by atoms with van der Waals surface area (Å²) in [5.74, 6) is 0. The third-order valence-electron chi connectivity index (χ3n) is 13.9. The Labute approximate surface area is 368 Å². The number of anilines is 3. The van der Waals surface area contributed by atoms with Crippen LogP contribution in [0.4, 0.5) is 17.1 Å². The lowest BCUT2D eigenvalue weighted by Crippen LogP contribution is -2.18. The quantitative estimate of drug-likeness (QED) is 0.162. The minimum absolute atomic E-state index is 0.151. The Morgan fingerprint density at radius 1 is 0.355 bits per heavy atom. The molecule has 296 valence electrons. The lowest BCUT2D eigenvalue weighted by Gasteiger charge is -2.32. The Bertz CT molecular complexity index is 3300. The number of hydrogen-bond acceptors (Lipinski definition) is 2. The van der Waals surface area contributed by atoms with Crippen LogP contribution >= 0.6 is 11.3 Å². The summed E-state index contributed by atoms with van der Waals surface area (Å²) in [6.07, 6.45) is 0. The van der Waals surface area contributed by atoms with Crippen LogP contribution in [0.2, 0.25) is 0 Å². The summed E-state index contributed by atoms with van der Waals surface area (Å²) in [5, 5.41) is 2.60. The molecule has 1 aromatic heterocycles. The van der Waals surface area contributed by atoms with Gasteiger partial charge in [0.25, 0.3) is 0 Å². The molecular weight excluding hydrogens is 767 g/mol. The average Bonchev–Trinajstić information content (AvgIpc) is 3.89. The molecule has 0 N–H and O–H groups in total. The van der Waals surface area contributed by atoms with E-state index in [1.54, 1.807) is 0 Å². The fourth-order valence-corrected chi connectivity index (χ4v) is 11.9. The molecule has 9 aromatic carbocycles. The van der Waals surface area contributed by atoms with E-state index in [4.69, 9.17) is 0 Å². The molecule has 0 fully saturated rings. The van der Waals surface area contributed by atoms with Gasteiger partial charge in [0.15, 0.2) is 0 Å². The van der Waals surface area contributed by atoms with Gasteiger partial charge in [0, 0.05) is 47.9 Å². The van der Waals surface area contributed by atoms with Gasteiger partial charge >= 0.3 is 0 Å². The number of rotatable bonds is 6. The number of benzene rings is 9. The summed E-state index contributed by atoms with van der Waals surface area (Å²) in [7, 11) is 0. The molecule has 0 bridgehead atoms. The molecule has 2 heteroatoms. The first-order chi connectivity index (χ1) is 30.3. The molecule has 1 nitrogen and oxygen atoms in total. The van der Waals surface area contributed by atoms with Crippen molar-refractivity contribution in [3.63, 3.8) is 0 Å². The summed E-state index contributed by atoms with van der Waals surface area (Å²) >= 11 is 1.88. The fraction of sp³-hybridized carbons (Fsp3) is 0.100. The SMILES string of the molecule is CC1(C)c2ccccc2-c2ccc(N(c3ccc4c(c3)C(C)(C)c3ccccc3-4)c3cccc(-c4ccc(-c5ccccc5)cc4)c3-c3cccc4sc5ccccc5c34)cc21. The molecular formula is C60H45NS. The second kappa shape index (κ2) is 13.8. The van der Waals surface area contributed by atoms with Crippen molar-refractivity contribution in [2.45, 2.75) is 38.5 Å². The Kier molecular flexibility index (Phi) is 8.17. The van der Waals surface area contributed by atoms with E-state index >= 15 is 0 Å². The lowest BCUT2D eigenvalue weighted by atomic mass is 9.82. The maximum atomic E-state index is 2.56. The van der Waals surface area contributed by atoms with Gasteiger partial charge in [0.2, 0.25) is 0 Å². The van der Waals surface area contributed by atoms with Gasteiger partial charge in [-0.2, -0.15) is 0 Å². The van der Waals surface area contributed by atoms with Gasteiger partial charge in [-0.25, -0.2) is 0 Å². The molecule has 1 heterocycles. The van der Waals surface area contributed by atoms with E-state index in [1.165, 1.54) is 98.1 Å². The molecule has 0 radical (unpaired) electrons. The molecule has 0 aliphatic heterocycles. The molecule has 0 atom stereocenters. The standard InChI is InChI=1S/C60H45NS/c1-59(2)50-23-11-8-18-44(50)46-34-32-41(36-52(46)59)61(42-33-35-47-45-19-9-12-24-51(45)60(3,4)53(47)37-42)54-25-14-21-43(40-30-28-39(29-31-40)38-16-6-5-7-17-38)57(54)49-22-15-27-56-58(49)48-20-10-13-26-55(48)62-56/h5-37H,1-4H3. The molecule has 12 rings (SSSR count). The maximum Gasteiger partial charge on any atom is 0.0546 e. The molecule has 2 aliphatic carbocycles. The lowest BCUT2D eigenvalue weighted by molar-refractivity contribution is 0.660. The maximum absolute atomic E-state index is 2.56. The van der Waals surface area contributed by atoms with Crippen molar-refractivity contribution in [2.75, 3.05) is 4.90 Å². The van der Waals surface area contributed by atoms with Crippen molar-refractivity contribution in [1.82, 2.24) is 0 Å². The molecule has 62 heavy (non-hydrogen) atoms. The van der Waals surface area contributed by atoms with Crippen molar-refractivity contribution in [1.29, 1.82) is 0 Å². The highest BCUT2D eigenvalue weighted by molar-refractivity contribution is 7.25. The zero-order valence-corrected chi connectivity index (χ0v) is 36.2. The molecule has 0 spiro atoms. The van der Waals surface area contributed by atoms with Gasteiger partial charge < -0.3 is 4.90 Å². The van der Waals surface area contributed by atoms with E-state index in [0.29, 0.717) is 0 Å². The van der Waals surface area contributed by atoms with Crippen molar-refractivity contribution in [3.05, 3.63) is 222 Å². The van der Waals surface area contributed by atoms with Gasteiger partial charge in [0.05, 0.1) is 5.69 Å². The van der Waals surface area contributed by atoms with E-state index in [9.17, 15) is 0 Å². The highest BCUT2D eigenvalue weighted by Gasteiger charge is 2.38. The average molecular weight is 812 g/mol. The topological polar surface area (TPSA) is 3.24 Å². The van der Waals surface area contributed by atoms with Crippen LogP contribution in [0, 0.1) is 0 Å². The Morgan fingerprint density at radius 2 is 0.839 bits per heavy atom. The van der Waals surface area contributed by atoms with Crippen molar-refractivity contribution < 1.29 is 0 Å². The number of hydrogen-bond donors (Lipinski definition) is 0. The smallest absolute Gasteiger partial charge is 0.0546 e. The van der Waals surface area contributed by atoms with Crippen molar-refractivity contribution >= 4 is 48.6 Å². The van der Waals surface area contributed by atoms with E-state index in [0.717, 1.165) is 17.1 Å². The Hall–Kier alpha value is -7.00. The summed E-state index contributed by atoms with van der Waals surface area (Å²) in [4.78, 5) is 2.56. The van der Waals surface area contributed by atoms with Gasteiger partial charge in [-0.3, -0.25) is 0 Å². The van der Waals surface area contributed by atoms with E-state index < -0.39 is 0 Å². The second-order valence-corrected chi connectivity index (χ2v) is 19.1. The van der Waals surface area contributed by atoms with Gasteiger partial charge in [-0.1, -0.05) is 185 Å².